The van der Waals surface area contributed by atoms with Gasteiger partial charge in [-0.05, 0) is 6.92 Å². The smallest absolute Gasteiger partial charge is 0.112 e. The molecule has 1 radical (unpaired) electrons. The number of hydrogen-bond donors (Lipinski definition) is 3. The summed E-state index contributed by atoms with van der Waals surface area (Å²) in [6.45, 7) is 3.33. The molecule has 1 aliphatic rings. The maximum atomic E-state index is 9.05. The van der Waals surface area contributed by atoms with Crippen LogP contribution in [0, 0.1) is 6.92 Å². The third kappa shape index (κ3) is 1.29. The van der Waals surface area contributed by atoms with E-state index in [-0.39, 0.29) is 6.61 Å². The zero-order valence-electron chi connectivity index (χ0n) is 5.47. The van der Waals surface area contributed by atoms with Gasteiger partial charge in [0, 0.05) is 0 Å². The van der Waals surface area contributed by atoms with Crippen LogP contribution in [0.25, 0.3) is 0 Å². The van der Waals surface area contributed by atoms with Crippen molar-refractivity contribution in [2.45, 2.75) is 24.4 Å². The first kappa shape index (κ1) is 7.94. The number of hydrogen-bond acceptors (Lipinski definition) is 4. The van der Waals surface area contributed by atoms with Crippen LogP contribution in [0.2, 0.25) is 0 Å². The molecular weight excluding hydrogens is 136 g/mol. The number of aliphatic hydroxyl groups is 3. The maximum absolute atomic E-state index is 9.05. The van der Waals surface area contributed by atoms with Crippen molar-refractivity contribution in [2.24, 2.45) is 0 Å². The van der Waals surface area contributed by atoms with E-state index < -0.39 is 24.4 Å². The molecule has 4 atom stereocenters. The first-order valence-electron chi connectivity index (χ1n) is 3.12. The molecule has 10 heavy (non-hydrogen) atoms. The topological polar surface area (TPSA) is 69.9 Å². The van der Waals surface area contributed by atoms with Gasteiger partial charge in [0.25, 0.3) is 0 Å². The van der Waals surface area contributed by atoms with E-state index in [1.807, 2.05) is 0 Å². The third-order valence-corrected chi connectivity index (χ3v) is 1.57. The summed E-state index contributed by atoms with van der Waals surface area (Å²) in [4.78, 5) is 0. The van der Waals surface area contributed by atoms with Gasteiger partial charge >= 0.3 is 0 Å². The fourth-order valence-electron chi connectivity index (χ4n) is 0.965. The summed E-state index contributed by atoms with van der Waals surface area (Å²) < 4.78 is 4.83. The molecule has 0 aromatic carbocycles. The van der Waals surface area contributed by atoms with Crippen molar-refractivity contribution >= 4 is 0 Å². The minimum absolute atomic E-state index is 0.0679. The van der Waals surface area contributed by atoms with Crippen molar-refractivity contribution in [3.8, 4) is 0 Å². The van der Waals surface area contributed by atoms with Crippen LogP contribution in [0.1, 0.15) is 0 Å². The first-order valence-corrected chi connectivity index (χ1v) is 3.12. The summed E-state index contributed by atoms with van der Waals surface area (Å²) in [5.41, 5.74) is 0. The van der Waals surface area contributed by atoms with E-state index in [1.54, 1.807) is 0 Å². The van der Waals surface area contributed by atoms with Crippen molar-refractivity contribution in [1.82, 2.24) is 0 Å². The molecule has 0 unspecified atom stereocenters. The van der Waals surface area contributed by atoms with Gasteiger partial charge in [-0.25, -0.2) is 0 Å². The molecule has 0 spiro atoms. The number of aliphatic hydroxyl groups excluding tert-OH is 3. The second-order valence-electron chi connectivity index (χ2n) is 2.42. The molecule has 1 fully saturated rings. The molecule has 1 saturated heterocycles. The Morgan fingerprint density at radius 1 is 1.50 bits per heavy atom. The Kier molecular flexibility index (Phi) is 2.25. The largest absolute Gasteiger partial charge is 0.390 e. The highest BCUT2D eigenvalue weighted by molar-refractivity contribution is 4.88. The average molecular weight is 147 g/mol. The van der Waals surface area contributed by atoms with Gasteiger partial charge in [-0.3, -0.25) is 0 Å². The standard InChI is InChI=1S/C6H11O4/c1-3(7)6-5(9)4(8)2-10-6/h3-9H,1-2H2/t3-,4+,5-,6-/m1/s1. The fraction of sp³-hybridized carbons (Fsp3) is 0.833. The van der Waals surface area contributed by atoms with Gasteiger partial charge in [-0.1, -0.05) is 0 Å². The predicted octanol–water partition coefficient (Wildman–Crippen LogP) is -1.70. The molecule has 0 bridgehead atoms. The minimum Gasteiger partial charge on any atom is -0.390 e. The van der Waals surface area contributed by atoms with Gasteiger partial charge in [0.05, 0.1) is 12.7 Å². The summed E-state index contributed by atoms with van der Waals surface area (Å²) in [7, 11) is 0. The molecule has 3 N–H and O–H groups in total. The van der Waals surface area contributed by atoms with Gasteiger partial charge in [-0.15, -0.1) is 0 Å². The Morgan fingerprint density at radius 2 is 2.10 bits per heavy atom. The van der Waals surface area contributed by atoms with Crippen LogP contribution < -0.4 is 0 Å². The Morgan fingerprint density at radius 3 is 2.30 bits per heavy atom. The van der Waals surface area contributed by atoms with Gasteiger partial charge in [0.2, 0.25) is 0 Å². The van der Waals surface area contributed by atoms with Gasteiger partial charge in [0.15, 0.2) is 0 Å². The van der Waals surface area contributed by atoms with E-state index >= 15 is 0 Å². The summed E-state index contributed by atoms with van der Waals surface area (Å²) in [6.07, 6.45) is -3.61. The molecule has 1 aliphatic heterocycles. The lowest BCUT2D eigenvalue weighted by atomic mass is 10.1. The Bertz CT molecular complexity index is 114. The first-order chi connectivity index (χ1) is 4.63. The third-order valence-electron chi connectivity index (χ3n) is 1.57. The molecular formula is C6H11O4. The lowest BCUT2D eigenvalue weighted by Gasteiger charge is -2.16. The molecule has 0 amide bonds. The van der Waals surface area contributed by atoms with Gasteiger partial charge < -0.3 is 20.1 Å². The second-order valence-corrected chi connectivity index (χ2v) is 2.42. The highest BCUT2D eigenvalue weighted by atomic mass is 16.5. The molecule has 0 aromatic rings. The SMILES string of the molecule is [CH2][C@@H](O)[C@H]1OC[C@H](O)[C@H]1O. The second kappa shape index (κ2) is 2.84. The highest BCUT2D eigenvalue weighted by Gasteiger charge is 2.37. The molecule has 0 saturated carbocycles. The van der Waals surface area contributed by atoms with Crippen molar-refractivity contribution in [3.05, 3.63) is 6.92 Å². The van der Waals surface area contributed by atoms with E-state index in [2.05, 4.69) is 6.92 Å². The molecule has 4 nitrogen and oxygen atoms in total. The van der Waals surface area contributed by atoms with Gasteiger partial charge in [0.1, 0.15) is 18.3 Å². The summed E-state index contributed by atoms with van der Waals surface area (Å²) in [5, 5.41) is 26.8. The summed E-state index contributed by atoms with van der Waals surface area (Å²) >= 11 is 0. The molecule has 1 rings (SSSR count). The van der Waals surface area contributed by atoms with E-state index in [9.17, 15) is 0 Å². The molecule has 1 heterocycles. The lowest BCUT2D eigenvalue weighted by molar-refractivity contribution is -0.0334. The molecule has 0 aliphatic carbocycles. The summed E-state index contributed by atoms with van der Waals surface area (Å²) in [6, 6.07) is 0. The van der Waals surface area contributed by atoms with Crippen LogP contribution in [-0.4, -0.2) is 46.3 Å². The molecule has 59 valence electrons. The highest BCUT2D eigenvalue weighted by Crippen LogP contribution is 2.16. The van der Waals surface area contributed by atoms with Gasteiger partial charge in [-0.2, -0.15) is 0 Å². The van der Waals surface area contributed by atoms with Crippen molar-refractivity contribution < 1.29 is 20.1 Å². The maximum Gasteiger partial charge on any atom is 0.112 e. The Labute approximate surface area is 59.1 Å². The zero-order valence-corrected chi connectivity index (χ0v) is 5.47. The number of rotatable bonds is 1. The number of ether oxygens (including phenoxy) is 1. The predicted molar refractivity (Wildman–Crippen MR) is 33.1 cm³/mol. The van der Waals surface area contributed by atoms with E-state index in [1.165, 1.54) is 0 Å². The Balaban J connectivity index is 2.49. The fourth-order valence-corrected chi connectivity index (χ4v) is 0.965. The lowest BCUT2D eigenvalue weighted by Crippen LogP contribution is -2.36. The van der Waals surface area contributed by atoms with Crippen LogP contribution in [0.15, 0.2) is 0 Å². The van der Waals surface area contributed by atoms with Crippen LogP contribution in [0.5, 0.6) is 0 Å². The van der Waals surface area contributed by atoms with E-state index in [0.29, 0.717) is 0 Å². The van der Waals surface area contributed by atoms with Crippen LogP contribution >= 0.6 is 0 Å². The Hall–Kier alpha value is -0.160. The minimum atomic E-state index is -1.01. The van der Waals surface area contributed by atoms with Crippen LogP contribution in [0.4, 0.5) is 0 Å². The van der Waals surface area contributed by atoms with E-state index in [4.69, 9.17) is 20.1 Å². The molecule has 0 aromatic heterocycles. The van der Waals surface area contributed by atoms with Crippen molar-refractivity contribution in [2.75, 3.05) is 6.61 Å². The quantitative estimate of drug-likeness (QED) is 0.413. The average Bonchev–Trinajstić information content (AvgIpc) is 2.14. The normalized spacial score (nSPS) is 43.8. The monoisotopic (exact) mass is 147 g/mol. The van der Waals surface area contributed by atoms with Crippen LogP contribution in [-0.2, 0) is 4.74 Å². The summed E-state index contributed by atoms with van der Waals surface area (Å²) in [5.74, 6) is 0. The van der Waals surface area contributed by atoms with Crippen LogP contribution in [0.3, 0.4) is 0 Å². The van der Waals surface area contributed by atoms with Crippen molar-refractivity contribution in [3.63, 3.8) is 0 Å². The van der Waals surface area contributed by atoms with Crippen molar-refractivity contribution in [1.29, 1.82) is 0 Å². The van der Waals surface area contributed by atoms with E-state index in [0.717, 1.165) is 0 Å². The zero-order chi connectivity index (χ0) is 7.72. The molecule has 4 heteroatoms.